The highest BCUT2D eigenvalue weighted by Crippen LogP contribution is 2.38. The van der Waals surface area contributed by atoms with Crippen LogP contribution in [0, 0.1) is 0 Å². The van der Waals surface area contributed by atoms with E-state index in [0.29, 0.717) is 0 Å². The maximum atomic E-state index is 12.9. The number of amides is 1. The molecule has 0 saturated carbocycles. The van der Waals surface area contributed by atoms with Gasteiger partial charge in [-0.05, 0) is 12.1 Å². The largest absolute Gasteiger partial charge is 0.353 e. The van der Waals surface area contributed by atoms with Crippen LogP contribution in [0.5, 0.6) is 0 Å². The summed E-state index contributed by atoms with van der Waals surface area (Å²) < 4.78 is 25.8. The molecule has 2 heterocycles. The zero-order chi connectivity index (χ0) is 8.77. The molecule has 1 aliphatic heterocycles. The molecule has 0 unspecified atom stereocenters. The molecule has 1 aromatic rings. The fraction of sp³-hybridized carbons (Fsp3) is 0.143. The van der Waals surface area contributed by atoms with Crippen LogP contribution in [-0.4, -0.2) is 10.9 Å². The Balaban J connectivity index is 2.63. The average Bonchev–Trinajstić information content (AvgIpc) is 2.25. The minimum absolute atomic E-state index is 0.0486. The molecule has 0 bridgehead atoms. The van der Waals surface area contributed by atoms with Crippen LogP contribution in [0.3, 0.4) is 0 Å². The van der Waals surface area contributed by atoms with Crippen LogP contribution in [0.25, 0.3) is 0 Å². The second-order valence-electron chi connectivity index (χ2n) is 2.43. The third kappa shape index (κ3) is 0.731. The van der Waals surface area contributed by atoms with E-state index in [4.69, 9.17) is 0 Å². The van der Waals surface area contributed by atoms with Crippen molar-refractivity contribution in [2.24, 2.45) is 0 Å². The van der Waals surface area contributed by atoms with Crippen LogP contribution in [0.1, 0.15) is 5.56 Å². The predicted octanol–water partition coefficient (Wildman–Crippen LogP) is 1.13. The molecule has 1 amide bonds. The maximum absolute atomic E-state index is 12.9. The maximum Gasteiger partial charge on any atom is 0.353 e. The molecule has 12 heavy (non-hydrogen) atoms. The summed E-state index contributed by atoms with van der Waals surface area (Å²) in [5, 5.41) is 1.99. The predicted molar refractivity (Wildman–Crippen MR) is 36.8 cm³/mol. The van der Waals surface area contributed by atoms with E-state index in [0.717, 1.165) is 0 Å². The van der Waals surface area contributed by atoms with E-state index in [1.807, 2.05) is 5.32 Å². The Labute approximate surface area is 66.4 Å². The Morgan fingerprint density at radius 2 is 2.25 bits per heavy atom. The van der Waals surface area contributed by atoms with Crippen molar-refractivity contribution in [2.75, 3.05) is 5.32 Å². The summed E-state index contributed by atoms with van der Waals surface area (Å²) in [7, 11) is 0. The minimum Gasteiger partial charge on any atom is -0.305 e. The van der Waals surface area contributed by atoms with Gasteiger partial charge in [-0.15, -0.1) is 0 Å². The Hall–Kier alpha value is -1.52. The number of nitrogens with one attached hydrogen (secondary N) is 1. The summed E-state index contributed by atoms with van der Waals surface area (Å²) >= 11 is 0. The van der Waals surface area contributed by atoms with Crippen molar-refractivity contribution < 1.29 is 13.6 Å². The summed E-state index contributed by atoms with van der Waals surface area (Å²) in [5.74, 6) is -4.78. The van der Waals surface area contributed by atoms with Crippen molar-refractivity contribution >= 4 is 11.7 Å². The van der Waals surface area contributed by atoms with Crippen molar-refractivity contribution in [1.82, 2.24) is 4.98 Å². The van der Waals surface area contributed by atoms with E-state index in [-0.39, 0.29) is 11.4 Å². The van der Waals surface area contributed by atoms with Gasteiger partial charge in [-0.3, -0.25) is 4.79 Å². The van der Waals surface area contributed by atoms with Gasteiger partial charge in [0.1, 0.15) is 5.82 Å². The first-order valence-electron chi connectivity index (χ1n) is 3.27. The number of nitrogens with zero attached hydrogens (tertiary/aromatic N) is 1. The van der Waals surface area contributed by atoms with Gasteiger partial charge in [0.25, 0.3) is 0 Å². The first-order valence-corrected chi connectivity index (χ1v) is 3.27. The second-order valence-corrected chi connectivity index (χ2v) is 2.43. The number of hydrogen-bond acceptors (Lipinski definition) is 2. The van der Waals surface area contributed by atoms with Gasteiger partial charge in [0.15, 0.2) is 0 Å². The smallest absolute Gasteiger partial charge is 0.305 e. The van der Waals surface area contributed by atoms with Gasteiger partial charge in [0.2, 0.25) is 0 Å². The molecule has 1 aromatic heterocycles. The third-order valence-corrected chi connectivity index (χ3v) is 1.66. The first-order chi connectivity index (χ1) is 5.62. The Morgan fingerprint density at radius 1 is 1.50 bits per heavy atom. The molecule has 0 aliphatic carbocycles. The lowest BCUT2D eigenvalue weighted by molar-refractivity contribution is -0.139. The van der Waals surface area contributed by atoms with Gasteiger partial charge in [-0.1, -0.05) is 0 Å². The molecule has 2 rings (SSSR count). The molecular weight excluding hydrogens is 166 g/mol. The fourth-order valence-corrected chi connectivity index (χ4v) is 1.07. The summed E-state index contributed by atoms with van der Waals surface area (Å²) in [4.78, 5) is 14.2. The van der Waals surface area contributed by atoms with Crippen molar-refractivity contribution in [1.29, 1.82) is 0 Å². The number of carbonyl (C=O) groups excluding carboxylic acids is 1. The number of hydrogen-bond donors (Lipinski definition) is 1. The van der Waals surface area contributed by atoms with Gasteiger partial charge >= 0.3 is 11.8 Å². The lowest BCUT2D eigenvalue weighted by atomic mass is 10.2. The van der Waals surface area contributed by atoms with Crippen molar-refractivity contribution in [2.45, 2.75) is 5.92 Å². The number of rotatable bonds is 0. The van der Waals surface area contributed by atoms with E-state index >= 15 is 0 Å². The fourth-order valence-electron chi connectivity index (χ4n) is 1.07. The molecule has 1 aliphatic rings. The second kappa shape index (κ2) is 2.00. The Bertz CT molecular complexity index is 351. The van der Waals surface area contributed by atoms with E-state index in [1.54, 1.807) is 0 Å². The highest BCUT2D eigenvalue weighted by Gasteiger charge is 2.48. The minimum atomic E-state index is -3.43. The van der Waals surface area contributed by atoms with Gasteiger partial charge in [0, 0.05) is 6.20 Å². The lowest BCUT2D eigenvalue weighted by Gasteiger charge is -2.03. The molecule has 62 valence electrons. The summed E-state index contributed by atoms with van der Waals surface area (Å²) in [6.45, 7) is 0. The topological polar surface area (TPSA) is 42.0 Å². The first kappa shape index (κ1) is 7.15. The monoisotopic (exact) mass is 170 g/mol. The standard InChI is InChI=1S/C7H4F2N2O/c8-7(9)4-2-1-3-10-5(4)11-6(7)12/h1-3H,(H,10,11,12). The van der Waals surface area contributed by atoms with E-state index in [1.165, 1.54) is 18.3 Å². The molecule has 5 heteroatoms. The lowest BCUT2D eigenvalue weighted by Crippen LogP contribution is -2.23. The molecular formula is C7H4F2N2O. The molecule has 0 radical (unpaired) electrons. The van der Waals surface area contributed by atoms with E-state index in [2.05, 4.69) is 4.98 Å². The van der Waals surface area contributed by atoms with Gasteiger partial charge in [-0.25, -0.2) is 4.98 Å². The Morgan fingerprint density at radius 3 is 2.92 bits per heavy atom. The SMILES string of the molecule is O=C1Nc2ncccc2C1(F)F. The number of alkyl halides is 2. The Kier molecular flexibility index (Phi) is 1.19. The zero-order valence-electron chi connectivity index (χ0n) is 5.84. The van der Waals surface area contributed by atoms with E-state index in [9.17, 15) is 13.6 Å². The summed E-state index contributed by atoms with van der Waals surface area (Å²) in [5.41, 5.74) is -0.352. The van der Waals surface area contributed by atoms with Crippen LogP contribution in [-0.2, 0) is 10.7 Å². The number of aromatic nitrogens is 1. The van der Waals surface area contributed by atoms with Crippen LogP contribution >= 0.6 is 0 Å². The van der Waals surface area contributed by atoms with E-state index < -0.39 is 11.8 Å². The number of halogens is 2. The number of anilines is 1. The number of pyridine rings is 1. The van der Waals surface area contributed by atoms with Crippen molar-refractivity contribution in [3.63, 3.8) is 0 Å². The highest BCUT2D eigenvalue weighted by molar-refractivity contribution is 6.02. The molecule has 1 N–H and O–H groups in total. The molecule has 3 nitrogen and oxygen atoms in total. The molecule has 0 aromatic carbocycles. The molecule has 0 spiro atoms. The summed E-state index contributed by atoms with van der Waals surface area (Å²) in [6, 6.07) is 2.55. The number of carbonyl (C=O) groups is 1. The van der Waals surface area contributed by atoms with Crippen LogP contribution in [0.15, 0.2) is 18.3 Å². The molecule has 0 atom stereocenters. The van der Waals surface area contributed by atoms with Gasteiger partial charge in [-0.2, -0.15) is 8.78 Å². The number of fused-ring (bicyclic) bond motifs is 1. The van der Waals surface area contributed by atoms with Crippen LogP contribution < -0.4 is 5.32 Å². The van der Waals surface area contributed by atoms with Crippen LogP contribution in [0.2, 0.25) is 0 Å². The van der Waals surface area contributed by atoms with Gasteiger partial charge in [0.05, 0.1) is 5.56 Å². The highest BCUT2D eigenvalue weighted by atomic mass is 19.3. The summed E-state index contributed by atoms with van der Waals surface area (Å²) in [6.07, 6.45) is 1.35. The zero-order valence-corrected chi connectivity index (χ0v) is 5.84. The third-order valence-electron chi connectivity index (χ3n) is 1.66. The van der Waals surface area contributed by atoms with Crippen molar-refractivity contribution in [3.8, 4) is 0 Å². The quantitative estimate of drug-likeness (QED) is 0.634. The average molecular weight is 170 g/mol. The normalized spacial score (nSPS) is 18.7. The van der Waals surface area contributed by atoms with Gasteiger partial charge < -0.3 is 5.32 Å². The van der Waals surface area contributed by atoms with Crippen LogP contribution in [0.4, 0.5) is 14.6 Å². The van der Waals surface area contributed by atoms with Crippen molar-refractivity contribution in [3.05, 3.63) is 23.9 Å². The molecule has 0 fully saturated rings. The molecule has 0 saturated heterocycles.